The molecule has 5 rings (SSSR count). The molecule has 0 heterocycles. The van der Waals surface area contributed by atoms with E-state index in [-0.39, 0.29) is 37.0 Å². The summed E-state index contributed by atoms with van der Waals surface area (Å²) in [6.07, 6.45) is 7.20. The van der Waals surface area contributed by atoms with Gasteiger partial charge in [-0.2, -0.15) is 13.2 Å². The van der Waals surface area contributed by atoms with Crippen molar-refractivity contribution < 1.29 is 27.1 Å². The zero-order valence-electron chi connectivity index (χ0n) is 21.6. The average Bonchev–Trinajstić information content (AvgIpc) is 3.11. The third-order valence-electron chi connectivity index (χ3n) is 12.5. The van der Waals surface area contributed by atoms with Crippen molar-refractivity contribution in [2.45, 2.75) is 134 Å². The van der Waals surface area contributed by atoms with Gasteiger partial charge in [-0.15, -0.1) is 0 Å². The lowest BCUT2D eigenvalue weighted by Gasteiger charge is -2.62. The van der Waals surface area contributed by atoms with Gasteiger partial charge in [0.25, 0.3) is 0 Å². The largest absolute Gasteiger partial charge is 0.417 e. The second-order valence-electron chi connectivity index (χ2n) is 13.9. The van der Waals surface area contributed by atoms with E-state index >= 15 is 0 Å². The summed E-state index contributed by atoms with van der Waals surface area (Å²) in [5.74, 6) is 0.449. The second kappa shape index (κ2) is 8.83. The van der Waals surface area contributed by atoms with Gasteiger partial charge in [-0.05, 0) is 123 Å². The van der Waals surface area contributed by atoms with Crippen LogP contribution in [0.2, 0.25) is 0 Å². The topological polar surface area (TPSA) is 20.2 Å². The van der Waals surface area contributed by atoms with E-state index in [1.165, 1.54) is 25.7 Å². The smallest absolute Gasteiger partial charge is 0.380 e. The Kier molecular flexibility index (Phi) is 6.62. The van der Waals surface area contributed by atoms with Crippen molar-refractivity contribution in [1.82, 2.24) is 0 Å². The number of aliphatic hydroxyl groups is 1. The molecule has 0 saturated heterocycles. The molecule has 35 heavy (non-hydrogen) atoms. The number of fused-ring (bicyclic) bond motifs is 5. The first-order chi connectivity index (χ1) is 16.3. The Morgan fingerprint density at radius 3 is 2.11 bits per heavy atom. The summed E-state index contributed by atoms with van der Waals surface area (Å²) in [5, 5.41) is 10.4. The maximum atomic E-state index is 13.6. The minimum absolute atomic E-state index is 0.0337. The SMILES string of the molecule is CC12CCC3C(CCC4C[C@](O)(C(F)(F)F)CCC43C)C1CCC2CCCC1CCC(F)(F)CC1. The predicted molar refractivity (Wildman–Crippen MR) is 127 cm³/mol. The van der Waals surface area contributed by atoms with Crippen LogP contribution in [0.15, 0.2) is 0 Å². The molecule has 7 unspecified atom stereocenters. The zero-order chi connectivity index (χ0) is 25.3. The zero-order valence-corrected chi connectivity index (χ0v) is 21.6. The molecule has 0 radical (unpaired) electrons. The summed E-state index contributed by atoms with van der Waals surface area (Å²) in [7, 11) is 0. The number of halogens is 5. The van der Waals surface area contributed by atoms with Crippen molar-refractivity contribution in [3.63, 3.8) is 0 Å². The maximum absolute atomic E-state index is 13.6. The van der Waals surface area contributed by atoms with Crippen molar-refractivity contribution in [2.24, 2.45) is 46.3 Å². The van der Waals surface area contributed by atoms with E-state index in [2.05, 4.69) is 13.8 Å². The van der Waals surface area contributed by atoms with Crippen molar-refractivity contribution >= 4 is 0 Å². The molecule has 202 valence electrons. The van der Waals surface area contributed by atoms with Crippen LogP contribution in [0.25, 0.3) is 0 Å². The van der Waals surface area contributed by atoms with Crippen LogP contribution in [-0.4, -0.2) is 22.8 Å². The molecule has 8 atom stereocenters. The number of alkyl halides is 5. The molecular weight excluding hydrogens is 459 g/mol. The summed E-state index contributed by atoms with van der Waals surface area (Å²) in [5.41, 5.74) is -2.26. The quantitative estimate of drug-likeness (QED) is 0.379. The van der Waals surface area contributed by atoms with Crippen LogP contribution in [0.3, 0.4) is 0 Å². The van der Waals surface area contributed by atoms with E-state index in [0.717, 1.165) is 32.1 Å². The van der Waals surface area contributed by atoms with Crippen molar-refractivity contribution in [1.29, 1.82) is 0 Å². The van der Waals surface area contributed by atoms with E-state index in [1.54, 1.807) is 0 Å². The minimum atomic E-state index is -4.53. The molecule has 0 aromatic heterocycles. The molecule has 1 nitrogen and oxygen atoms in total. The third kappa shape index (κ3) is 4.48. The normalized spacial score (nSPS) is 48.2. The fraction of sp³-hybridized carbons (Fsp3) is 1.00. The van der Waals surface area contributed by atoms with Crippen LogP contribution in [0.5, 0.6) is 0 Å². The highest BCUT2D eigenvalue weighted by Crippen LogP contribution is 2.69. The lowest BCUT2D eigenvalue weighted by atomic mass is 9.43. The van der Waals surface area contributed by atoms with Crippen LogP contribution in [0.4, 0.5) is 22.0 Å². The predicted octanol–water partition coefficient (Wildman–Crippen LogP) is 8.93. The Labute approximate surface area is 208 Å². The summed E-state index contributed by atoms with van der Waals surface area (Å²) in [6.45, 7) is 4.73. The van der Waals surface area contributed by atoms with Gasteiger partial charge in [-0.1, -0.05) is 26.7 Å². The van der Waals surface area contributed by atoms with Gasteiger partial charge in [0.15, 0.2) is 5.60 Å². The lowest BCUT2D eigenvalue weighted by Crippen LogP contribution is -2.59. The first-order valence-corrected chi connectivity index (χ1v) is 14.4. The van der Waals surface area contributed by atoms with Gasteiger partial charge in [0.05, 0.1) is 0 Å². The van der Waals surface area contributed by atoms with Gasteiger partial charge in [0.2, 0.25) is 5.92 Å². The molecule has 0 amide bonds. The highest BCUT2D eigenvalue weighted by molar-refractivity contribution is 5.11. The maximum Gasteiger partial charge on any atom is 0.417 e. The Morgan fingerprint density at radius 1 is 0.743 bits per heavy atom. The monoisotopic (exact) mass is 504 g/mol. The highest BCUT2D eigenvalue weighted by Gasteiger charge is 2.64. The third-order valence-corrected chi connectivity index (χ3v) is 12.5. The van der Waals surface area contributed by atoms with E-state index in [1.807, 2.05) is 0 Å². The van der Waals surface area contributed by atoms with Crippen molar-refractivity contribution in [3.8, 4) is 0 Å². The van der Waals surface area contributed by atoms with E-state index < -0.39 is 17.7 Å². The van der Waals surface area contributed by atoms with E-state index in [9.17, 15) is 27.1 Å². The standard InChI is InChI=1S/C29H45F5O/c1-25-13-12-24-22(8-6-21-18-27(35,29(32,33)34)17-16-26(21,24)2)23(25)9-7-20(25)5-3-4-19-10-14-28(30,31)15-11-19/h19-24,35H,3-18H2,1-2H3/t20?,21?,22?,23?,24?,25?,26?,27-/m0/s1. The summed E-state index contributed by atoms with van der Waals surface area (Å²) in [6, 6.07) is 0. The fourth-order valence-electron chi connectivity index (χ4n) is 10.1. The molecule has 5 fully saturated rings. The molecule has 0 aromatic rings. The lowest BCUT2D eigenvalue weighted by molar-refractivity contribution is -0.290. The summed E-state index contributed by atoms with van der Waals surface area (Å²) in [4.78, 5) is 0. The highest BCUT2D eigenvalue weighted by atomic mass is 19.4. The van der Waals surface area contributed by atoms with Gasteiger partial charge in [0, 0.05) is 12.8 Å². The van der Waals surface area contributed by atoms with Gasteiger partial charge in [-0.3, -0.25) is 0 Å². The van der Waals surface area contributed by atoms with Gasteiger partial charge < -0.3 is 5.11 Å². The number of hydrogen-bond acceptors (Lipinski definition) is 1. The van der Waals surface area contributed by atoms with Crippen LogP contribution in [0.1, 0.15) is 117 Å². The van der Waals surface area contributed by atoms with Gasteiger partial charge in [-0.25, -0.2) is 8.78 Å². The van der Waals surface area contributed by atoms with Crippen LogP contribution >= 0.6 is 0 Å². The Hall–Kier alpha value is -0.390. The summed E-state index contributed by atoms with van der Waals surface area (Å²) >= 11 is 0. The molecule has 0 spiro atoms. The minimum Gasteiger partial charge on any atom is -0.380 e. The first-order valence-electron chi connectivity index (χ1n) is 14.4. The fourth-order valence-corrected chi connectivity index (χ4v) is 10.1. The number of rotatable bonds is 4. The molecular formula is C29H45F5O. The molecule has 0 aliphatic heterocycles. The molecule has 6 heteroatoms. The Balaban J connectivity index is 1.20. The Morgan fingerprint density at radius 2 is 1.43 bits per heavy atom. The molecule has 5 saturated carbocycles. The van der Waals surface area contributed by atoms with Gasteiger partial charge in [0.1, 0.15) is 0 Å². The molecule has 0 bridgehead atoms. The molecule has 5 aliphatic rings. The summed E-state index contributed by atoms with van der Waals surface area (Å²) < 4.78 is 67.7. The van der Waals surface area contributed by atoms with E-state index in [4.69, 9.17) is 0 Å². The molecule has 1 N–H and O–H groups in total. The average molecular weight is 505 g/mol. The first kappa shape index (κ1) is 26.2. The molecule has 5 aliphatic carbocycles. The van der Waals surface area contributed by atoms with Crippen molar-refractivity contribution in [3.05, 3.63) is 0 Å². The second-order valence-corrected chi connectivity index (χ2v) is 13.9. The van der Waals surface area contributed by atoms with Crippen LogP contribution in [-0.2, 0) is 0 Å². The van der Waals surface area contributed by atoms with Crippen LogP contribution in [0, 0.1) is 46.3 Å². The molecule has 0 aromatic carbocycles. The van der Waals surface area contributed by atoms with Crippen LogP contribution < -0.4 is 0 Å². The number of hydrogen-bond donors (Lipinski definition) is 1. The van der Waals surface area contributed by atoms with E-state index in [0.29, 0.717) is 54.3 Å². The van der Waals surface area contributed by atoms with Crippen molar-refractivity contribution in [2.75, 3.05) is 0 Å². The van der Waals surface area contributed by atoms with Gasteiger partial charge >= 0.3 is 6.18 Å². The Bertz CT molecular complexity index is 772.